The molecule has 1 atom stereocenters. The van der Waals surface area contributed by atoms with Gasteiger partial charge in [0, 0.05) is 31.2 Å². The first-order valence-corrected chi connectivity index (χ1v) is 10.2. The Balaban J connectivity index is 1.52. The molecule has 148 valence electrons. The monoisotopic (exact) mass is 386 g/mol. The molecule has 0 spiro atoms. The number of ether oxygens (including phenoxy) is 1. The van der Waals surface area contributed by atoms with Gasteiger partial charge < -0.3 is 10.1 Å². The van der Waals surface area contributed by atoms with E-state index in [1.165, 1.54) is 5.56 Å². The molecule has 1 N–H and O–H groups in total. The number of carbonyl (C=O) groups is 1. The van der Waals surface area contributed by atoms with Gasteiger partial charge in [-0.3, -0.25) is 9.78 Å². The van der Waals surface area contributed by atoms with E-state index in [1.54, 1.807) is 6.20 Å². The van der Waals surface area contributed by atoms with Crippen LogP contribution in [-0.2, 0) is 4.74 Å². The predicted octanol–water partition coefficient (Wildman–Crippen LogP) is 4.95. The Kier molecular flexibility index (Phi) is 6.01. The fourth-order valence-corrected chi connectivity index (χ4v) is 3.87. The molecule has 0 aliphatic carbocycles. The van der Waals surface area contributed by atoms with Gasteiger partial charge in [0.2, 0.25) is 0 Å². The van der Waals surface area contributed by atoms with Crippen molar-refractivity contribution in [2.75, 3.05) is 13.2 Å². The normalized spacial score (nSPS) is 15.6. The van der Waals surface area contributed by atoms with Crippen LogP contribution in [0.15, 0.2) is 73.1 Å². The lowest BCUT2D eigenvalue weighted by atomic mass is 9.87. The molecular formula is C25H26N2O2. The number of pyridine rings is 1. The molecule has 1 fully saturated rings. The largest absolute Gasteiger partial charge is 0.381 e. The van der Waals surface area contributed by atoms with Gasteiger partial charge in [-0.2, -0.15) is 0 Å². The molecule has 2 heterocycles. The second-order valence-electron chi connectivity index (χ2n) is 7.63. The molecule has 0 bridgehead atoms. The Hall–Kier alpha value is -2.98. The number of aryl methyl sites for hydroxylation is 1. The van der Waals surface area contributed by atoms with Crippen LogP contribution in [0, 0.1) is 12.8 Å². The quantitative estimate of drug-likeness (QED) is 0.675. The molecular weight excluding hydrogens is 360 g/mol. The number of rotatable bonds is 5. The van der Waals surface area contributed by atoms with E-state index in [4.69, 9.17) is 4.74 Å². The molecule has 1 aliphatic rings. The highest BCUT2D eigenvalue weighted by Crippen LogP contribution is 2.30. The predicted molar refractivity (Wildman–Crippen MR) is 115 cm³/mol. The summed E-state index contributed by atoms with van der Waals surface area (Å²) < 4.78 is 5.51. The van der Waals surface area contributed by atoms with Gasteiger partial charge in [-0.25, -0.2) is 0 Å². The van der Waals surface area contributed by atoms with E-state index in [1.807, 2.05) is 42.6 Å². The Morgan fingerprint density at radius 2 is 1.66 bits per heavy atom. The van der Waals surface area contributed by atoms with Crippen LogP contribution in [0.5, 0.6) is 0 Å². The summed E-state index contributed by atoms with van der Waals surface area (Å²) in [5, 5.41) is 3.25. The van der Waals surface area contributed by atoms with Crippen molar-refractivity contribution in [1.82, 2.24) is 10.3 Å². The van der Waals surface area contributed by atoms with Crippen LogP contribution in [0.4, 0.5) is 0 Å². The number of hydrogen-bond acceptors (Lipinski definition) is 3. The van der Waals surface area contributed by atoms with E-state index in [0.717, 1.165) is 42.7 Å². The maximum Gasteiger partial charge on any atom is 0.251 e. The second-order valence-corrected chi connectivity index (χ2v) is 7.63. The Morgan fingerprint density at radius 1 is 1.00 bits per heavy atom. The van der Waals surface area contributed by atoms with Crippen LogP contribution in [0.25, 0.3) is 11.1 Å². The van der Waals surface area contributed by atoms with E-state index in [9.17, 15) is 4.79 Å². The number of benzene rings is 2. The number of nitrogens with zero attached hydrogens (tertiary/aromatic N) is 1. The summed E-state index contributed by atoms with van der Waals surface area (Å²) >= 11 is 0. The molecule has 1 unspecified atom stereocenters. The topological polar surface area (TPSA) is 51.2 Å². The average molecular weight is 386 g/mol. The highest BCUT2D eigenvalue weighted by atomic mass is 16.5. The maximum absolute atomic E-state index is 13.0. The molecule has 1 aliphatic heterocycles. The first kappa shape index (κ1) is 19.3. The number of amides is 1. The molecule has 3 aromatic rings. The first-order chi connectivity index (χ1) is 14.2. The van der Waals surface area contributed by atoms with Crippen molar-refractivity contribution in [3.8, 4) is 11.1 Å². The number of aromatic nitrogens is 1. The average Bonchev–Trinajstić information content (AvgIpc) is 2.79. The fraction of sp³-hybridized carbons (Fsp3) is 0.280. The third-order valence-corrected chi connectivity index (χ3v) is 5.60. The summed E-state index contributed by atoms with van der Waals surface area (Å²) in [6, 6.07) is 20.1. The van der Waals surface area contributed by atoms with Crippen LogP contribution in [0.3, 0.4) is 0 Å². The van der Waals surface area contributed by atoms with Crippen molar-refractivity contribution in [2.24, 2.45) is 5.92 Å². The standard InChI is InChI=1S/C25H26N2O2/c1-18-4-6-19(7-5-18)20-8-10-22(11-9-20)25(28)27-24(21-12-15-29-16-13-21)23-3-2-14-26-17-23/h2-11,14,17,21,24H,12-13,15-16H2,1H3,(H,27,28). The van der Waals surface area contributed by atoms with Crippen LogP contribution >= 0.6 is 0 Å². The van der Waals surface area contributed by atoms with Gasteiger partial charge in [0.1, 0.15) is 0 Å². The van der Waals surface area contributed by atoms with E-state index < -0.39 is 0 Å². The smallest absolute Gasteiger partial charge is 0.251 e. The minimum atomic E-state index is -0.0584. The van der Waals surface area contributed by atoms with E-state index in [0.29, 0.717) is 11.5 Å². The molecule has 4 rings (SSSR count). The van der Waals surface area contributed by atoms with Crippen molar-refractivity contribution in [3.05, 3.63) is 89.7 Å². The van der Waals surface area contributed by atoms with Gasteiger partial charge in [0.15, 0.2) is 0 Å². The fourth-order valence-electron chi connectivity index (χ4n) is 3.87. The summed E-state index contributed by atoms with van der Waals surface area (Å²) in [5.74, 6) is 0.296. The van der Waals surface area contributed by atoms with Crippen LogP contribution in [-0.4, -0.2) is 24.1 Å². The van der Waals surface area contributed by atoms with E-state index in [2.05, 4.69) is 41.5 Å². The summed E-state index contributed by atoms with van der Waals surface area (Å²) in [4.78, 5) is 17.2. The maximum atomic E-state index is 13.0. The van der Waals surface area contributed by atoms with Crippen molar-refractivity contribution < 1.29 is 9.53 Å². The molecule has 2 aromatic carbocycles. The van der Waals surface area contributed by atoms with Gasteiger partial charge >= 0.3 is 0 Å². The van der Waals surface area contributed by atoms with Crippen molar-refractivity contribution in [2.45, 2.75) is 25.8 Å². The Labute approximate surface area is 172 Å². The lowest BCUT2D eigenvalue weighted by molar-refractivity contribution is 0.0513. The minimum absolute atomic E-state index is 0.0548. The van der Waals surface area contributed by atoms with Gasteiger partial charge in [-0.1, -0.05) is 48.0 Å². The molecule has 1 amide bonds. The van der Waals surface area contributed by atoms with E-state index >= 15 is 0 Å². The van der Waals surface area contributed by atoms with Crippen LogP contribution < -0.4 is 5.32 Å². The molecule has 4 heteroatoms. The first-order valence-electron chi connectivity index (χ1n) is 10.2. The molecule has 1 saturated heterocycles. The SMILES string of the molecule is Cc1ccc(-c2ccc(C(=O)NC(c3cccnc3)C3CCOCC3)cc2)cc1. The molecule has 1 aromatic heterocycles. The van der Waals surface area contributed by atoms with Gasteiger partial charge in [0.25, 0.3) is 5.91 Å². The Morgan fingerprint density at radius 3 is 2.28 bits per heavy atom. The Bertz CT molecular complexity index is 931. The lowest BCUT2D eigenvalue weighted by Gasteiger charge is -2.31. The highest BCUT2D eigenvalue weighted by Gasteiger charge is 2.27. The molecule has 0 saturated carbocycles. The zero-order valence-corrected chi connectivity index (χ0v) is 16.7. The van der Waals surface area contributed by atoms with Crippen LogP contribution in [0.1, 0.15) is 40.4 Å². The van der Waals surface area contributed by atoms with Crippen molar-refractivity contribution >= 4 is 5.91 Å². The van der Waals surface area contributed by atoms with Gasteiger partial charge in [-0.15, -0.1) is 0 Å². The molecule has 4 nitrogen and oxygen atoms in total. The minimum Gasteiger partial charge on any atom is -0.381 e. The van der Waals surface area contributed by atoms with Crippen LogP contribution in [0.2, 0.25) is 0 Å². The van der Waals surface area contributed by atoms with Crippen molar-refractivity contribution in [3.63, 3.8) is 0 Å². The summed E-state index contributed by atoms with van der Waals surface area (Å²) in [6.45, 7) is 3.55. The lowest BCUT2D eigenvalue weighted by Crippen LogP contribution is -2.36. The zero-order chi connectivity index (χ0) is 20.1. The third-order valence-electron chi connectivity index (χ3n) is 5.60. The summed E-state index contributed by atoms with van der Waals surface area (Å²) in [6.07, 6.45) is 5.48. The van der Waals surface area contributed by atoms with Crippen molar-refractivity contribution in [1.29, 1.82) is 0 Å². The molecule has 0 radical (unpaired) electrons. The van der Waals surface area contributed by atoms with E-state index in [-0.39, 0.29) is 11.9 Å². The highest BCUT2D eigenvalue weighted by molar-refractivity contribution is 5.95. The second kappa shape index (κ2) is 9.01. The zero-order valence-electron chi connectivity index (χ0n) is 16.7. The van der Waals surface area contributed by atoms with Gasteiger partial charge in [0.05, 0.1) is 6.04 Å². The van der Waals surface area contributed by atoms with Gasteiger partial charge in [-0.05, 0) is 60.6 Å². The third kappa shape index (κ3) is 4.72. The molecule has 29 heavy (non-hydrogen) atoms. The number of carbonyl (C=O) groups excluding carboxylic acids is 1. The summed E-state index contributed by atoms with van der Waals surface area (Å²) in [7, 11) is 0. The number of nitrogens with one attached hydrogen (secondary N) is 1. The number of hydrogen-bond donors (Lipinski definition) is 1. The summed E-state index contributed by atoms with van der Waals surface area (Å²) in [5.41, 5.74) is 5.21.